The number of amides is 2. The maximum Gasteiger partial charge on any atom is 0.262 e. The minimum atomic E-state index is -0.324. The van der Waals surface area contributed by atoms with Gasteiger partial charge in [-0.2, -0.15) is 0 Å². The number of rotatable bonds is 5. The van der Waals surface area contributed by atoms with E-state index in [2.05, 4.69) is 10.6 Å². The summed E-state index contributed by atoms with van der Waals surface area (Å²) in [7, 11) is 0. The molecule has 0 aliphatic carbocycles. The number of para-hydroxylation sites is 1. The van der Waals surface area contributed by atoms with Gasteiger partial charge in [-0.1, -0.05) is 24.3 Å². The molecule has 0 spiro atoms. The molecule has 0 unspecified atom stereocenters. The molecule has 0 aliphatic rings. The van der Waals surface area contributed by atoms with Crippen molar-refractivity contribution < 1.29 is 14.3 Å². The first-order valence-corrected chi connectivity index (χ1v) is 8.57. The maximum absolute atomic E-state index is 12.2. The molecule has 26 heavy (non-hydrogen) atoms. The van der Waals surface area contributed by atoms with E-state index in [0.29, 0.717) is 11.3 Å². The van der Waals surface area contributed by atoms with Gasteiger partial charge in [0.2, 0.25) is 0 Å². The number of ether oxygens (including phenoxy) is 1. The Morgan fingerprint density at radius 3 is 2.23 bits per heavy atom. The van der Waals surface area contributed by atoms with E-state index in [-0.39, 0.29) is 24.0 Å². The molecule has 5 heteroatoms. The number of aryl methyl sites for hydroxylation is 2. The van der Waals surface area contributed by atoms with Crippen molar-refractivity contribution >= 4 is 17.5 Å². The Morgan fingerprint density at radius 1 is 1.00 bits per heavy atom. The number of carbonyl (C=O) groups is 2. The van der Waals surface area contributed by atoms with Gasteiger partial charge in [-0.15, -0.1) is 0 Å². The molecule has 0 heterocycles. The molecule has 0 saturated carbocycles. The number of anilines is 1. The lowest BCUT2D eigenvalue weighted by Gasteiger charge is -2.20. The third-order valence-corrected chi connectivity index (χ3v) is 3.65. The molecular weight excluding hydrogens is 328 g/mol. The van der Waals surface area contributed by atoms with Gasteiger partial charge in [0.05, 0.1) is 0 Å². The summed E-state index contributed by atoms with van der Waals surface area (Å²) in [6.45, 7) is 9.55. The summed E-state index contributed by atoms with van der Waals surface area (Å²) in [5, 5.41) is 5.66. The molecule has 0 fully saturated rings. The summed E-state index contributed by atoms with van der Waals surface area (Å²) in [6, 6.07) is 12.7. The van der Waals surface area contributed by atoms with Crippen molar-refractivity contribution in [3.8, 4) is 5.75 Å². The van der Waals surface area contributed by atoms with Crippen molar-refractivity contribution in [1.82, 2.24) is 5.32 Å². The zero-order chi connectivity index (χ0) is 19.3. The van der Waals surface area contributed by atoms with E-state index in [9.17, 15) is 9.59 Å². The fraction of sp³-hybridized carbons (Fsp3) is 0.333. The lowest BCUT2D eigenvalue weighted by atomic mass is 10.1. The molecule has 2 aromatic carbocycles. The summed E-state index contributed by atoms with van der Waals surface area (Å²) in [6.07, 6.45) is 0. The highest BCUT2D eigenvalue weighted by atomic mass is 16.5. The average Bonchev–Trinajstić information content (AvgIpc) is 2.53. The van der Waals surface area contributed by atoms with Crippen molar-refractivity contribution in [2.75, 3.05) is 11.9 Å². The van der Waals surface area contributed by atoms with E-state index in [1.165, 1.54) is 0 Å². The van der Waals surface area contributed by atoms with Crippen LogP contribution in [-0.4, -0.2) is 24.0 Å². The number of benzene rings is 2. The molecule has 5 nitrogen and oxygen atoms in total. The SMILES string of the molecule is Cc1cccc(C)c1OCC(=O)Nc1cccc(C(=O)NC(C)(C)C)c1. The van der Waals surface area contributed by atoms with Gasteiger partial charge in [-0.25, -0.2) is 0 Å². The molecular formula is C21H26N2O3. The predicted molar refractivity (Wildman–Crippen MR) is 104 cm³/mol. The van der Waals surface area contributed by atoms with E-state index in [0.717, 1.165) is 16.9 Å². The summed E-state index contributed by atoms with van der Waals surface area (Å²) in [5.41, 5.74) is 2.70. The quantitative estimate of drug-likeness (QED) is 0.857. The van der Waals surface area contributed by atoms with Crippen LogP contribution in [-0.2, 0) is 4.79 Å². The van der Waals surface area contributed by atoms with Crippen LogP contribution in [0.15, 0.2) is 42.5 Å². The van der Waals surface area contributed by atoms with E-state index >= 15 is 0 Å². The first-order valence-electron chi connectivity index (χ1n) is 8.57. The van der Waals surface area contributed by atoms with E-state index in [4.69, 9.17) is 4.74 Å². The van der Waals surface area contributed by atoms with Crippen LogP contribution in [0, 0.1) is 13.8 Å². The van der Waals surface area contributed by atoms with Crippen molar-refractivity contribution in [2.24, 2.45) is 0 Å². The molecule has 0 saturated heterocycles. The Bertz CT molecular complexity index is 787. The highest BCUT2D eigenvalue weighted by molar-refractivity contribution is 5.97. The Morgan fingerprint density at radius 2 is 1.62 bits per heavy atom. The van der Waals surface area contributed by atoms with Gasteiger partial charge in [0, 0.05) is 16.8 Å². The van der Waals surface area contributed by atoms with Gasteiger partial charge >= 0.3 is 0 Å². The van der Waals surface area contributed by atoms with Crippen molar-refractivity contribution in [3.63, 3.8) is 0 Å². The summed E-state index contributed by atoms with van der Waals surface area (Å²) in [5.74, 6) is 0.266. The summed E-state index contributed by atoms with van der Waals surface area (Å²) < 4.78 is 5.65. The molecule has 2 amide bonds. The van der Waals surface area contributed by atoms with Gasteiger partial charge in [0.15, 0.2) is 6.61 Å². The minimum absolute atomic E-state index is 0.0931. The zero-order valence-electron chi connectivity index (χ0n) is 16.0. The van der Waals surface area contributed by atoms with Crippen LogP contribution in [0.5, 0.6) is 5.75 Å². The maximum atomic E-state index is 12.2. The molecule has 0 radical (unpaired) electrons. The monoisotopic (exact) mass is 354 g/mol. The van der Waals surface area contributed by atoms with Gasteiger partial charge in [-0.3, -0.25) is 9.59 Å². The molecule has 138 valence electrons. The third-order valence-electron chi connectivity index (χ3n) is 3.65. The van der Waals surface area contributed by atoms with Crippen LogP contribution in [0.2, 0.25) is 0 Å². The average molecular weight is 354 g/mol. The molecule has 2 N–H and O–H groups in total. The Labute approximate surface area is 154 Å². The fourth-order valence-electron chi connectivity index (χ4n) is 2.51. The molecule has 0 atom stereocenters. The number of hydrogen-bond acceptors (Lipinski definition) is 3. The van der Waals surface area contributed by atoms with E-state index < -0.39 is 0 Å². The lowest BCUT2D eigenvalue weighted by Crippen LogP contribution is -2.40. The summed E-state index contributed by atoms with van der Waals surface area (Å²) >= 11 is 0. The van der Waals surface area contributed by atoms with E-state index in [1.54, 1.807) is 24.3 Å². The van der Waals surface area contributed by atoms with Crippen LogP contribution in [0.25, 0.3) is 0 Å². The minimum Gasteiger partial charge on any atom is -0.483 e. The van der Waals surface area contributed by atoms with Crippen LogP contribution in [0.3, 0.4) is 0 Å². The molecule has 0 aliphatic heterocycles. The fourth-order valence-corrected chi connectivity index (χ4v) is 2.51. The zero-order valence-corrected chi connectivity index (χ0v) is 16.0. The Balaban J connectivity index is 1.99. The summed E-state index contributed by atoms with van der Waals surface area (Å²) in [4.78, 5) is 24.4. The second-order valence-electron chi connectivity index (χ2n) is 7.34. The molecule has 0 aromatic heterocycles. The van der Waals surface area contributed by atoms with Gasteiger partial charge in [0.25, 0.3) is 11.8 Å². The topological polar surface area (TPSA) is 67.4 Å². The van der Waals surface area contributed by atoms with Crippen molar-refractivity contribution in [1.29, 1.82) is 0 Å². The van der Waals surface area contributed by atoms with Gasteiger partial charge < -0.3 is 15.4 Å². The number of hydrogen-bond donors (Lipinski definition) is 2. The normalized spacial score (nSPS) is 11.0. The van der Waals surface area contributed by atoms with Gasteiger partial charge in [0.1, 0.15) is 5.75 Å². The number of nitrogens with one attached hydrogen (secondary N) is 2. The smallest absolute Gasteiger partial charge is 0.262 e. The highest BCUT2D eigenvalue weighted by Crippen LogP contribution is 2.22. The lowest BCUT2D eigenvalue weighted by molar-refractivity contribution is -0.118. The van der Waals surface area contributed by atoms with E-state index in [1.807, 2.05) is 52.8 Å². The van der Waals surface area contributed by atoms with Crippen LogP contribution < -0.4 is 15.4 Å². The first kappa shape index (κ1) is 19.5. The third kappa shape index (κ3) is 5.62. The molecule has 2 aromatic rings. The molecule has 2 rings (SSSR count). The predicted octanol–water partition coefficient (Wildman–Crippen LogP) is 3.85. The van der Waals surface area contributed by atoms with Crippen LogP contribution >= 0.6 is 0 Å². The second kappa shape index (κ2) is 8.04. The number of carbonyl (C=O) groups excluding carboxylic acids is 2. The van der Waals surface area contributed by atoms with Crippen LogP contribution in [0.1, 0.15) is 42.3 Å². The van der Waals surface area contributed by atoms with Gasteiger partial charge in [-0.05, 0) is 63.9 Å². The van der Waals surface area contributed by atoms with Crippen molar-refractivity contribution in [3.05, 3.63) is 59.2 Å². The van der Waals surface area contributed by atoms with Crippen molar-refractivity contribution in [2.45, 2.75) is 40.2 Å². The Hall–Kier alpha value is -2.82. The standard InChI is InChI=1S/C21H26N2O3/c1-14-8-6-9-15(2)19(14)26-13-18(24)22-17-11-7-10-16(12-17)20(25)23-21(3,4)5/h6-12H,13H2,1-5H3,(H,22,24)(H,23,25). The molecule has 0 bridgehead atoms. The van der Waals surface area contributed by atoms with Crippen LogP contribution in [0.4, 0.5) is 5.69 Å². The highest BCUT2D eigenvalue weighted by Gasteiger charge is 2.16. The first-order chi connectivity index (χ1) is 12.2. The Kier molecular flexibility index (Phi) is 6.03. The second-order valence-corrected chi connectivity index (χ2v) is 7.34. The largest absolute Gasteiger partial charge is 0.483 e.